The fourth-order valence-electron chi connectivity index (χ4n) is 1.06. The van der Waals surface area contributed by atoms with Gasteiger partial charge in [-0.3, -0.25) is 0 Å². The molecule has 16 heavy (non-hydrogen) atoms. The van der Waals surface area contributed by atoms with Crippen molar-refractivity contribution in [2.45, 2.75) is 19.1 Å². The Morgan fingerprint density at radius 1 is 1.38 bits per heavy atom. The molecule has 0 aromatic carbocycles. The molecule has 0 bridgehead atoms. The van der Waals surface area contributed by atoms with Crippen molar-refractivity contribution in [1.82, 2.24) is 4.98 Å². The van der Waals surface area contributed by atoms with Gasteiger partial charge >= 0.3 is 6.18 Å². The first kappa shape index (κ1) is 13.3. The molecule has 8 heteroatoms. The van der Waals surface area contributed by atoms with E-state index in [0.29, 0.717) is 6.07 Å². The monoisotopic (exact) mass is 304 g/mol. The Labute approximate surface area is 95.8 Å². The number of nitrogens with two attached hydrogens (primary N) is 1. The average molecular weight is 305 g/mol. The molecule has 0 aliphatic heterocycles. The van der Waals surface area contributed by atoms with Crippen molar-refractivity contribution in [3.05, 3.63) is 27.5 Å². The molecule has 0 saturated carbocycles. The second-order valence-corrected chi connectivity index (χ2v) is 3.66. The van der Waals surface area contributed by atoms with Crippen molar-refractivity contribution in [1.29, 1.82) is 0 Å². The molecule has 1 aromatic heterocycles. The average Bonchev–Trinajstić information content (AvgIpc) is 2.15. The van der Waals surface area contributed by atoms with Gasteiger partial charge in [-0.15, -0.1) is 0 Å². The van der Waals surface area contributed by atoms with Crippen LogP contribution in [-0.4, -0.2) is 4.98 Å². The van der Waals surface area contributed by atoms with Gasteiger partial charge in [-0.1, -0.05) is 0 Å². The maximum absolute atomic E-state index is 12.5. The van der Waals surface area contributed by atoms with Gasteiger partial charge in [-0.25, -0.2) is 13.8 Å². The zero-order valence-electron chi connectivity index (χ0n) is 7.65. The minimum atomic E-state index is -4.73. The van der Waals surface area contributed by atoms with E-state index in [1.807, 2.05) is 0 Å². The third kappa shape index (κ3) is 2.67. The highest BCUT2D eigenvalue weighted by Gasteiger charge is 2.36. The SMILES string of the molecule is NCc1cc(C(F)(F)F)c(Br)c(C(F)F)n1. The molecule has 90 valence electrons. The summed E-state index contributed by atoms with van der Waals surface area (Å²) in [6.45, 7) is -0.337. The lowest BCUT2D eigenvalue weighted by molar-refractivity contribution is -0.138. The number of aromatic nitrogens is 1. The first-order valence-electron chi connectivity index (χ1n) is 4.02. The molecule has 1 aromatic rings. The highest BCUT2D eigenvalue weighted by molar-refractivity contribution is 9.10. The first-order valence-corrected chi connectivity index (χ1v) is 4.81. The molecule has 0 unspecified atom stereocenters. The predicted octanol–water partition coefficient (Wildman–Crippen LogP) is 3.26. The molecule has 1 heterocycles. The molecule has 0 atom stereocenters. The number of rotatable bonds is 2. The largest absolute Gasteiger partial charge is 0.417 e. The smallest absolute Gasteiger partial charge is 0.325 e. The number of hydrogen-bond donors (Lipinski definition) is 1. The Morgan fingerprint density at radius 2 is 1.94 bits per heavy atom. The van der Waals surface area contributed by atoms with Crippen LogP contribution in [0.2, 0.25) is 0 Å². The fourth-order valence-corrected chi connectivity index (χ4v) is 1.66. The van der Waals surface area contributed by atoms with Crippen molar-refractivity contribution in [2.75, 3.05) is 0 Å². The second kappa shape index (κ2) is 4.62. The molecule has 0 radical (unpaired) electrons. The zero-order chi connectivity index (χ0) is 12.5. The summed E-state index contributed by atoms with van der Waals surface area (Å²) in [5.74, 6) is 0. The predicted molar refractivity (Wildman–Crippen MR) is 49.8 cm³/mol. The van der Waals surface area contributed by atoms with E-state index < -0.39 is 28.3 Å². The van der Waals surface area contributed by atoms with Gasteiger partial charge in [0.2, 0.25) is 0 Å². The van der Waals surface area contributed by atoms with Crippen LogP contribution < -0.4 is 5.73 Å². The second-order valence-electron chi connectivity index (χ2n) is 2.86. The minimum absolute atomic E-state index is 0.231. The Kier molecular flexibility index (Phi) is 3.84. The summed E-state index contributed by atoms with van der Waals surface area (Å²) in [6, 6.07) is 0.649. The van der Waals surface area contributed by atoms with Gasteiger partial charge in [0.1, 0.15) is 5.69 Å². The maximum atomic E-state index is 12.5. The van der Waals surface area contributed by atoms with Crippen LogP contribution in [0, 0.1) is 0 Å². The quantitative estimate of drug-likeness (QED) is 0.852. The summed E-state index contributed by atoms with van der Waals surface area (Å²) >= 11 is 2.48. The minimum Gasteiger partial charge on any atom is -0.325 e. The van der Waals surface area contributed by atoms with E-state index in [2.05, 4.69) is 20.9 Å². The Hall–Kier alpha value is -0.760. The Balaban J connectivity index is 3.44. The molecular formula is C8H6BrF5N2. The van der Waals surface area contributed by atoms with Gasteiger partial charge in [0.25, 0.3) is 6.43 Å². The van der Waals surface area contributed by atoms with Crippen molar-refractivity contribution < 1.29 is 22.0 Å². The molecular weight excluding hydrogens is 299 g/mol. The maximum Gasteiger partial charge on any atom is 0.417 e. The number of nitrogens with zero attached hydrogens (tertiary/aromatic N) is 1. The summed E-state index contributed by atoms with van der Waals surface area (Å²) in [6.07, 6.45) is -7.82. The number of pyridine rings is 1. The van der Waals surface area contributed by atoms with Crippen LogP contribution in [-0.2, 0) is 12.7 Å². The van der Waals surface area contributed by atoms with Crippen molar-refractivity contribution >= 4 is 15.9 Å². The van der Waals surface area contributed by atoms with Gasteiger partial charge in [0, 0.05) is 6.54 Å². The van der Waals surface area contributed by atoms with Crippen LogP contribution in [0.4, 0.5) is 22.0 Å². The van der Waals surface area contributed by atoms with Crippen LogP contribution in [0.5, 0.6) is 0 Å². The van der Waals surface area contributed by atoms with Gasteiger partial charge in [-0.05, 0) is 22.0 Å². The van der Waals surface area contributed by atoms with Crippen LogP contribution in [0.15, 0.2) is 10.5 Å². The molecule has 2 N–H and O–H groups in total. The molecule has 0 fully saturated rings. The third-order valence-electron chi connectivity index (χ3n) is 1.76. The van der Waals surface area contributed by atoms with E-state index >= 15 is 0 Å². The summed E-state index contributed by atoms with van der Waals surface area (Å²) < 4.78 is 61.5. The van der Waals surface area contributed by atoms with Crippen LogP contribution in [0.3, 0.4) is 0 Å². The molecule has 0 spiro atoms. The molecule has 0 aliphatic rings. The normalized spacial score (nSPS) is 12.2. The number of halogens is 6. The van der Waals surface area contributed by atoms with Gasteiger partial charge in [0.15, 0.2) is 0 Å². The lowest BCUT2D eigenvalue weighted by atomic mass is 10.2. The topological polar surface area (TPSA) is 38.9 Å². The van der Waals surface area contributed by atoms with Crippen LogP contribution >= 0.6 is 15.9 Å². The lowest BCUT2D eigenvalue weighted by Crippen LogP contribution is -2.12. The molecule has 1 rings (SSSR count). The van der Waals surface area contributed by atoms with Crippen molar-refractivity contribution in [3.8, 4) is 0 Å². The first-order chi connectivity index (χ1) is 7.27. The number of alkyl halides is 5. The van der Waals surface area contributed by atoms with Crippen molar-refractivity contribution in [3.63, 3.8) is 0 Å². The summed E-state index contributed by atoms with van der Waals surface area (Å²) in [5.41, 5.74) is 2.72. The molecule has 2 nitrogen and oxygen atoms in total. The van der Waals surface area contributed by atoms with Crippen LogP contribution in [0.1, 0.15) is 23.4 Å². The summed E-state index contributed by atoms with van der Waals surface area (Å²) in [5, 5.41) is 0. The van der Waals surface area contributed by atoms with Gasteiger partial charge in [0.05, 0.1) is 15.7 Å². The fraction of sp³-hybridized carbons (Fsp3) is 0.375. The molecule has 0 saturated heterocycles. The summed E-state index contributed by atoms with van der Waals surface area (Å²) in [4.78, 5) is 3.34. The van der Waals surface area contributed by atoms with E-state index in [1.54, 1.807) is 0 Å². The van der Waals surface area contributed by atoms with E-state index in [1.165, 1.54) is 0 Å². The van der Waals surface area contributed by atoms with Gasteiger partial charge in [-0.2, -0.15) is 13.2 Å². The van der Waals surface area contributed by atoms with E-state index in [4.69, 9.17) is 5.73 Å². The third-order valence-corrected chi connectivity index (χ3v) is 2.59. The van der Waals surface area contributed by atoms with E-state index in [0.717, 1.165) is 0 Å². The van der Waals surface area contributed by atoms with Crippen LogP contribution in [0.25, 0.3) is 0 Å². The summed E-state index contributed by atoms with van der Waals surface area (Å²) in [7, 11) is 0. The highest BCUT2D eigenvalue weighted by atomic mass is 79.9. The standard InChI is InChI=1S/C8H6BrF5N2/c9-5-4(8(12,13)14)1-3(2-15)16-6(5)7(10)11/h1,7H,2,15H2. The lowest BCUT2D eigenvalue weighted by Gasteiger charge is -2.13. The van der Waals surface area contributed by atoms with Gasteiger partial charge < -0.3 is 5.73 Å². The molecule has 0 amide bonds. The highest BCUT2D eigenvalue weighted by Crippen LogP contribution is 2.38. The van der Waals surface area contributed by atoms with E-state index in [9.17, 15) is 22.0 Å². The van der Waals surface area contributed by atoms with E-state index in [-0.39, 0.29) is 12.2 Å². The molecule has 0 aliphatic carbocycles. The Bertz CT molecular complexity index is 391. The Morgan fingerprint density at radius 3 is 2.31 bits per heavy atom. The number of hydrogen-bond acceptors (Lipinski definition) is 2. The van der Waals surface area contributed by atoms with Crippen molar-refractivity contribution in [2.24, 2.45) is 5.73 Å². The zero-order valence-corrected chi connectivity index (χ0v) is 9.24.